The van der Waals surface area contributed by atoms with Gasteiger partial charge in [0.2, 0.25) is 0 Å². The molecule has 7 nitrogen and oxygen atoms in total. The maximum Gasteiger partial charge on any atom is 0.170 e. The number of benzene rings is 2. The Morgan fingerprint density at radius 3 is 2.54 bits per heavy atom. The molecule has 124 valence electrons. The van der Waals surface area contributed by atoms with Crippen LogP contribution in [0.5, 0.6) is 23.0 Å². The van der Waals surface area contributed by atoms with E-state index >= 15 is 0 Å². The molecule has 0 atom stereocenters. The van der Waals surface area contributed by atoms with Crippen molar-refractivity contribution in [3.63, 3.8) is 0 Å². The molecule has 2 N–H and O–H groups in total. The van der Waals surface area contributed by atoms with Crippen LogP contribution >= 0.6 is 12.6 Å². The van der Waals surface area contributed by atoms with Crippen LogP contribution in [0.2, 0.25) is 0 Å². The second-order valence-corrected chi connectivity index (χ2v) is 5.31. The van der Waals surface area contributed by atoms with Crippen molar-refractivity contribution < 1.29 is 19.7 Å². The van der Waals surface area contributed by atoms with E-state index in [1.54, 1.807) is 19.2 Å². The van der Waals surface area contributed by atoms with Gasteiger partial charge < -0.3 is 19.7 Å². The summed E-state index contributed by atoms with van der Waals surface area (Å²) >= 11 is 4.36. The molecular formula is C16H15N3O4S. The number of phenolic OH excluding ortho intramolecular Hbond substituents is 2. The predicted octanol–water partition coefficient (Wildman–Crippen LogP) is 2.65. The third-order valence-corrected chi connectivity index (χ3v) is 3.80. The van der Waals surface area contributed by atoms with Gasteiger partial charge in [-0.15, -0.1) is 17.7 Å². The van der Waals surface area contributed by atoms with Gasteiger partial charge in [-0.1, -0.05) is 11.3 Å². The fraction of sp³-hybridized carbons (Fsp3) is 0.125. The van der Waals surface area contributed by atoms with Gasteiger partial charge in [0.05, 0.1) is 14.2 Å². The molecule has 24 heavy (non-hydrogen) atoms. The van der Waals surface area contributed by atoms with Crippen LogP contribution in [0.15, 0.2) is 41.4 Å². The van der Waals surface area contributed by atoms with Crippen LogP contribution in [0.4, 0.5) is 0 Å². The lowest BCUT2D eigenvalue weighted by atomic mass is 10.1. The number of rotatable bonds is 4. The molecule has 0 spiro atoms. The van der Waals surface area contributed by atoms with Gasteiger partial charge in [-0.2, -0.15) is 0 Å². The van der Waals surface area contributed by atoms with Gasteiger partial charge in [-0.25, -0.2) is 4.68 Å². The standard InChI is InChI=1S/C16H15N3O4S/c1-22-13-5-3-4-10(15(13)23-2)14-16(24)17-18-19(14)11-7-6-9(20)8-12(11)21/h3-8,20-21,24H,1-2H3. The Hall–Kier alpha value is -2.87. The summed E-state index contributed by atoms with van der Waals surface area (Å²) in [5.74, 6) is 0.849. The Labute approximate surface area is 143 Å². The largest absolute Gasteiger partial charge is 0.508 e. The molecule has 0 aliphatic rings. The van der Waals surface area contributed by atoms with Gasteiger partial charge in [0.1, 0.15) is 27.9 Å². The fourth-order valence-corrected chi connectivity index (χ4v) is 2.70. The van der Waals surface area contributed by atoms with Crippen molar-refractivity contribution in [2.24, 2.45) is 0 Å². The molecule has 1 heterocycles. The topological polar surface area (TPSA) is 89.6 Å². The van der Waals surface area contributed by atoms with Gasteiger partial charge in [-0.05, 0) is 24.3 Å². The van der Waals surface area contributed by atoms with Crippen molar-refractivity contribution >= 4 is 12.6 Å². The average Bonchev–Trinajstić information content (AvgIpc) is 2.95. The Bertz CT molecular complexity index is 895. The molecule has 0 saturated carbocycles. The maximum absolute atomic E-state index is 10.1. The molecule has 0 unspecified atom stereocenters. The van der Waals surface area contributed by atoms with Gasteiger partial charge in [0, 0.05) is 11.6 Å². The van der Waals surface area contributed by atoms with Crippen molar-refractivity contribution in [3.05, 3.63) is 36.4 Å². The highest BCUT2D eigenvalue weighted by molar-refractivity contribution is 7.80. The Kier molecular flexibility index (Phi) is 4.22. The van der Waals surface area contributed by atoms with Crippen molar-refractivity contribution in [2.75, 3.05) is 14.2 Å². The molecule has 0 aliphatic heterocycles. The summed E-state index contributed by atoms with van der Waals surface area (Å²) in [6.07, 6.45) is 0. The van der Waals surface area contributed by atoms with Crippen LogP contribution in [0.25, 0.3) is 16.9 Å². The number of para-hydroxylation sites is 1. The van der Waals surface area contributed by atoms with Crippen molar-refractivity contribution in [1.29, 1.82) is 0 Å². The molecule has 0 saturated heterocycles. The molecule has 1 aromatic heterocycles. The van der Waals surface area contributed by atoms with Crippen LogP contribution in [-0.4, -0.2) is 39.4 Å². The van der Waals surface area contributed by atoms with Crippen molar-refractivity contribution in [1.82, 2.24) is 15.0 Å². The molecule has 0 amide bonds. The quantitative estimate of drug-likeness (QED) is 0.630. The molecule has 8 heteroatoms. The smallest absolute Gasteiger partial charge is 0.170 e. The first-order valence-electron chi connectivity index (χ1n) is 6.95. The number of nitrogens with zero attached hydrogens (tertiary/aromatic N) is 3. The molecular weight excluding hydrogens is 330 g/mol. The summed E-state index contributed by atoms with van der Waals surface area (Å²) in [7, 11) is 3.08. The first-order valence-corrected chi connectivity index (χ1v) is 7.40. The van der Waals surface area contributed by atoms with E-state index in [0.29, 0.717) is 33.5 Å². The number of hydrogen-bond acceptors (Lipinski definition) is 7. The van der Waals surface area contributed by atoms with E-state index in [9.17, 15) is 10.2 Å². The zero-order valence-corrected chi connectivity index (χ0v) is 13.9. The third kappa shape index (κ3) is 2.61. The SMILES string of the molecule is COc1cccc(-c2c(S)nnn2-c2ccc(O)cc2O)c1OC. The van der Waals surface area contributed by atoms with Gasteiger partial charge >= 0.3 is 0 Å². The lowest BCUT2D eigenvalue weighted by Gasteiger charge is -2.14. The lowest BCUT2D eigenvalue weighted by molar-refractivity contribution is 0.356. The van der Waals surface area contributed by atoms with E-state index in [-0.39, 0.29) is 11.5 Å². The number of thiol groups is 1. The Morgan fingerprint density at radius 1 is 1.08 bits per heavy atom. The molecule has 0 bridgehead atoms. The molecule has 0 aliphatic carbocycles. The van der Waals surface area contributed by atoms with E-state index in [1.807, 2.05) is 6.07 Å². The van der Waals surface area contributed by atoms with Crippen molar-refractivity contribution in [3.8, 4) is 39.9 Å². The van der Waals surface area contributed by atoms with Crippen LogP contribution in [0.1, 0.15) is 0 Å². The van der Waals surface area contributed by atoms with Crippen LogP contribution in [-0.2, 0) is 0 Å². The second-order valence-electron chi connectivity index (χ2n) is 4.89. The van der Waals surface area contributed by atoms with Crippen LogP contribution in [0, 0.1) is 0 Å². The van der Waals surface area contributed by atoms with Crippen LogP contribution < -0.4 is 9.47 Å². The van der Waals surface area contributed by atoms with Crippen molar-refractivity contribution in [2.45, 2.75) is 5.03 Å². The zero-order chi connectivity index (χ0) is 17.3. The normalized spacial score (nSPS) is 10.6. The zero-order valence-electron chi connectivity index (χ0n) is 13.0. The minimum Gasteiger partial charge on any atom is -0.508 e. The van der Waals surface area contributed by atoms with E-state index in [0.717, 1.165) is 0 Å². The summed E-state index contributed by atoms with van der Waals surface area (Å²) < 4.78 is 12.2. The highest BCUT2D eigenvalue weighted by atomic mass is 32.1. The summed E-state index contributed by atoms with van der Waals surface area (Å²) in [4.78, 5) is 0. The summed E-state index contributed by atoms with van der Waals surface area (Å²) in [5.41, 5.74) is 1.52. The summed E-state index contributed by atoms with van der Waals surface area (Å²) in [6.45, 7) is 0. The average molecular weight is 345 g/mol. The number of hydrogen-bond donors (Lipinski definition) is 3. The number of ether oxygens (including phenoxy) is 2. The molecule has 0 fully saturated rings. The highest BCUT2D eigenvalue weighted by Gasteiger charge is 2.21. The molecule has 2 aromatic carbocycles. The number of aromatic nitrogens is 3. The summed E-state index contributed by atoms with van der Waals surface area (Å²) in [5, 5.41) is 28.0. The lowest BCUT2D eigenvalue weighted by Crippen LogP contribution is -2.02. The fourth-order valence-electron chi connectivity index (χ4n) is 2.44. The van der Waals surface area contributed by atoms with E-state index in [2.05, 4.69) is 22.9 Å². The van der Waals surface area contributed by atoms with E-state index in [1.165, 1.54) is 30.0 Å². The second kappa shape index (κ2) is 6.32. The predicted molar refractivity (Wildman–Crippen MR) is 90.5 cm³/mol. The van der Waals surface area contributed by atoms with Gasteiger partial charge in [-0.3, -0.25) is 0 Å². The maximum atomic E-state index is 10.1. The summed E-state index contributed by atoms with van der Waals surface area (Å²) in [6, 6.07) is 9.59. The van der Waals surface area contributed by atoms with Gasteiger partial charge in [0.15, 0.2) is 11.5 Å². The first-order chi connectivity index (χ1) is 11.6. The minimum atomic E-state index is -0.142. The molecule has 3 rings (SSSR count). The van der Waals surface area contributed by atoms with Crippen LogP contribution in [0.3, 0.4) is 0 Å². The Morgan fingerprint density at radius 2 is 1.88 bits per heavy atom. The highest BCUT2D eigenvalue weighted by Crippen LogP contribution is 2.41. The monoisotopic (exact) mass is 345 g/mol. The number of methoxy groups -OCH3 is 2. The molecule has 3 aromatic rings. The van der Waals surface area contributed by atoms with E-state index < -0.39 is 0 Å². The van der Waals surface area contributed by atoms with Gasteiger partial charge in [0.25, 0.3) is 0 Å². The molecule has 0 radical (unpaired) electrons. The Balaban J connectivity index is 2.26. The number of aromatic hydroxyl groups is 2. The number of phenols is 2. The first kappa shape index (κ1) is 16.0. The minimum absolute atomic E-state index is 0.0528. The van der Waals surface area contributed by atoms with E-state index in [4.69, 9.17) is 9.47 Å². The third-order valence-electron chi connectivity index (χ3n) is 3.50.